The molecule has 0 unspecified atom stereocenters. The number of allylic oxidation sites excluding steroid dienone is 1. The number of methoxy groups -OCH3 is 2. The Bertz CT molecular complexity index is 1980. The first kappa shape index (κ1) is 30.8. The number of halogens is 1. The van der Waals surface area contributed by atoms with E-state index in [0.29, 0.717) is 72.9 Å². The number of carboxylic acid groups (broad SMARTS) is 1. The minimum absolute atomic E-state index is 0.0639. The first-order chi connectivity index (χ1) is 21.1. The van der Waals surface area contributed by atoms with Crippen molar-refractivity contribution in [2.45, 2.75) is 26.8 Å². The number of amides is 1. The fourth-order valence-electron chi connectivity index (χ4n) is 5.18. The number of likely N-dealkylation sites (N-methyl/N-ethyl adjacent to an activating group) is 1. The number of fused-ring (bicyclic) bond motifs is 1. The lowest BCUT2D eigenvalue weighted by Crippen LogP contribution is -2.43. The van der Waals surface area contributed by atoms with Crippen LogP contribution in [0.2, 0.25) is 5.02 Å². The van der Waals surface area contributed by atoms with Gasteiger partial charge in [0.2, 0.25) is 0 Å². The molecule has 0 aliphatic carbocycles. The Morgan fingerprint density at radius 3 is 2.52 bits per heavy atom. The molecular formula is C32H30ClN3O7S. The highest BCUT2D eigenvalue weighted by atomic mass is 35.5. The summed E-state index contributed by atoms with van der Waals surface area (Å²) in [6.07, 6.45) is 1.59. The average molecular weight is 636 g/mol. The molecule has 2 aromatic carbocycles. The number of hydrogen-bond donors (Lipinski definition) is 1. The normalized spacial score (nSPS) is 14.7. The summed E-state index contributed by atoms with van der Waals surface area (Å²) >= 11 is 7.50. The molecule has 0 fully saturated rings. The van der Waals surface area contributed by atoms with Crippen molar-refractivity contribution in [3.8, 4) is 22.8 Å². The lowest BCUT2D eigenvalue weighted by atomic mass is 9.93. The van der Waals surface area contributed by atoms with Gasteiger partial charge in [-0.05, 0) is 69.3 Å². The van der Waals surface area contributed by atoms with Crippen LogP contribution < -0.4 is 24.4 Å². The van der Waals surface area contributed by atoms with Crippen LogP contribution in [0.4, 0.5) is 0 Å². The molecule has 2 aromatic heterocycles. The fourth-order valence-corrected chi connectivity index (χ4v) is 6.41. The number of thiazole rings is 1. The zero-order valence-electron chi connectivity index (χ0n) is 24.7. The minimum Gasteiger partial charge on any atom is -0.497 e. The standard InChI is InChI=1S/C32H30ClN3O7S/c1-6-35(7-2)30(38)27-17(3)34-32-36(28(27)22-15-19(41-4)9-12-24(22)42-5)29(37)26(44-32)16-20-10-13-25(43-20)21-14-18(31(39)40)8-11-23(21)33/h8-16,28H,6-7H2,1-5H3,(H,39,40)/b26-16+/t28-/m0/s1. The summed E-state index contributed by atoms with van der Waals surface area (Å²) in [5, 5.41) is 9.71. The Kier molecular flexibility index (Phi) is 8.80. The third-order valence-corrected chi connectivity index (χ3v) is 8.73. The fraction of sp³-hybridized carbons (Fsp3) is 0.250. The molecule has 0 radical (unpaired) electrons. The number of aromatic carboxylic acids is 1. The molecule has 0 saturated carbocycles. The van der Waals surface area contributed by atoms with Gasteiger partial charge in [-0.3, -0.25) is 14.2 Å². The molecule has 1 aliphatic heterocycles. The maximum Gasteiger partial charge on any atom is 0.335 e. The highest BCUT2D eigenvalue weighted by molar-refractivity contribution is 7.07. The van der Waals surface area contributed by atoms with Gasteiger partial charge < -0.3 is 23.9 Å². The number of aromatic nitrogens is 1. The summed E-state index contributed by atoms with van der Waals surface area (Å²) in [7, 11) is 3.08. The monoisotopic (exact) mass is 635 g/mol. The van der Waals surface area contributed by atoms with Crippen molar-refractivity contribution in [3.63, 3.8) is 0 Å². The minimum atomic E-state index is -1.09. The lowest BCUT2D eigenvalue weighted by Gasteiger charge is -2.30. The second-order valence-electron chi connectivity index (χ2n) is 9.87. The molecule has 4 aromatic rings. The van der Waals surface area contributed by atoms with Crippen LogP contribution in [-0.2, 0) is 4.79 Å². The average Bonchev–Trinajstić information content (AvgIpc) is 3.60. The quantitative estimate of drug-likeness (QED) is 0.282. The number of furan rings is 1. The number of hydrogen-bond acceptors (Lipinski definition) is 8. The molecule has 228 valence electrons. The second-order valence-corrected chi connectivity index (χ2v) is 11.3. The molecule has 1 N–H and O–H groups in total. The van der Waals surface area contributed by atoms with Crippen LogP contribution in [0.3, 0.4) is 0 Å². The maximum atomic E-state index is 14.1. The van der Waals surface area contributed by atoms with E-state index in [4.69, 9.17) is 30.5 Å². The highest BCUT2D eigenvalue weighted by Gasteiger charge is 2.36. The van der Waals surface area contributed by atoms with Crippen LogP contribution in [0.1, 0.15) is 48.5 Å². The molecule has 5 rings (SSSR count). The van der Waals surface area contributed by atoms with E-state index in [9.17, 15) is 19.5 Å². The summed E-state index contributed by atoms with van der Waals surface area (Å²) in [5.41, 5.74) is 1.55. The van der Waals surface area contributed by atoms with Crippen LogP contribution in [0.5, 0.6) is 11.5 Å². The first-order valence-corrected chi connectivity index (χ1v) is 15.0. The van der Waals surface area contributed by atoms with Gasteiger partial charge in [-0.1, -0.05) is 22.9 Å². The van der Waals surface area contributed by atoms with Gasteiger partial charge in [-0.15, -0.1) is 0 Å². The summed E-state index contributed by atoms with van der Waals surface area (Å²) in [6.45, 7) is 6.53. The van der Waals surface area contributed by atoms with Crippen LogP contribution in [0.25, 0.3) is 17.4 Å². The molecule has 1 aliphatic rings. The van der Waals surface area contributed by atoms with Gasteiger partial charge in [0, 0.05) is 30.3 Å². The van der Waals surface area contributed by atoms with E-state index in [1.807, 2.05) is 13.8 Å². The molecule has 1 amide bonds. The van der Waals surface area contributed by atoms with E-state index < -0.39 is 12.0 Å². The second kappa shape index (κ2) is 12.6. The number of benzene rings is 2. The number of carboxylic acids is 1. The molecular weight excluding hydrogens is 606 g/mol. The van der Waals surface area contributed by atoms with E-state index in [0.717, 1.165) is 11.3 Å². The Balaban J connectivity index is 1.69. The van der Waals surface area contributed by atoms with Crippen LogP contribution in [0, 0.1) is 0 Å². The van der Waals surface area contributed by atoms with Gasteiger partial charge >= 0.3 is 5.97 Å². The molecule has 0 saturated heterocycles. The largest absolute Gasteiger partial charge is 0.497 e. The van der Waals surface area contributed by atoms with Gasteiger partial charge in [0.05, 0.1) is 40.6 Å². The summed E-state index contributed by atoms with van der Waals surface area (Å²) in [4.78, 5) is 46.3. The molecule has 10 nitrogen and oxygen atoms in total. The third-order valence-electron chi connectivity index (χ3n) is 7.41. The van der Waals surface area contributed by atoms with Crippen molar-refractivity contribution in [1.29, 1.82) is 0 Å². The summed E-state index contributed by atoms with van der Waals surface area (Å²) in [6, 6.07) is 12.1. The molecule has 12 heteroatoms. The van der Waals surface area contributed by atoms with Gasteiger partial charge in [-0.25, -0.2) is 9.79 Å². The smallest absolute Gasteiger partial charge is 0.335 e. The van der Waals surface area contributed by atoms with E-state index in [2.05, 4.69) is 0 Å². The van der Waals surface area contributed by atoms with Crippen LogP contribution >= 0.6 is 22.9 Å². The van der Waals surface area contributed by atoms with Crippen molar-refractivity contribution < 1.29 is 28.6 Å². The number of carbonyl (C=O) groups is 2. The number of nitrogens with zero attached hydrogens (tertiary/aromatic N) is 3. The van der Waals surface area contributed by atoms with E-state index in [-0.39, 0.29) is 17.0 Å². The van der Waals surface area contributed by atoms with E-state index in [1.165, 1.54) is 29.9 Å². The number of carbonyl (C=O) groups excluding carboxylic acids is 1. The van der Waals surface area contributed by atoms with Crippen molar-refractivity contribution in [2.24, 2.45) is 4.99 Å². The summed E-state index contributed by atoms with van der Waals surface area (Å²) in [5.74, 6) is 0.414. The topological polar surface area (TPSA) is 124 Å². The van der Waals surface area contributed by atoms with Crippen molar-refractivity contribution in [1.82, 2.24) is 9.47 Å². The summed E-state index contributed by atoms with van der Waals surface area (Å²) < 4.78 is 19.0. The Morgan fingerprint density at radius 2 is 1.86 bits per heavy atom. The maximum absolute atomic E-state index is 14.1. The van der Waals surface area contributed by atoms with Crippen molar-refractivity contribution in [2.75, 3.05) is 27.3 Å². The van der Waals surface area contributed by atoms with Crippen LogP contribution in [-0.4, -0.2) is 53.8 Å². The van der Waals surface area contributed by atoms with Crippen molar-refractivity contribution >= 4 is 40.9 Å². The van der Waals surface area contributed by atoms with Gasteiger partial charge in [-0.2, -0.15) is 0 Å². The molecule has 1 atom stereocenters. The van der Waals surface area contributed by atoms with Crippen LogP contribution in [0.15, 0.2) is 74.0 Å². The Morgan fingerprint density at radius 1 is 1.11 bits per heavy atom. The molecule has 0 bridgehead atoms. The predicted octanol–water partition coefficient (Wildman–Crippen LogP) is 4.73. The first-order valence-electron chi connectivity index (χ1n) is 13.8. The zero-order valence-corrected chi connectivity index (χ0v) is 26.3. The lowest BCUT2D eigenvalue weighted by molar-refractivity contribution is -0.127. The number of ether oxygens (including phenoxy) is 2. The Hall–Kier alpha value is -4.61. The molecule has 3 heterocycles. The molecule has 0 spiro atoms. The van der Waals surface area contributed by atoms with Gasteiger partial charge in [0.15, 0.2) is 4.80 Å². The van der Waals surface area contributed by atoms with Crippen molar-refractivity contribution in [3.05, 3.63) is 101 Å². The third kappa shape index (κ3) is 5.56. The zero-order chi connectivity index (χ0) is 31.7. The van der Waals surface area contributed by atoms with E-state index >= 15 is 0 Å². The predicted molar refractivity (Wildman–Crippen MR) is 167 cm³/mol. The van der Waals surface area contributed by atoms with E-state index in [1.54, 1.807) is 55.3 Å². The van der Waals surface area contributed by atoms with Gasteiger partial charge in [0.25, 0.3) is 11.5 Å². The van der Waals surface area contributed by atoms with Gasteiger partial charge in [0.1, 0.15) is 29.1 Å². The molecule has 44 heavy (non-hydrogen) atoms. The SMILES string of the molecule is CCN(CC)C(=O)C1=C(C)N=c2s/c(=C/c3ccc(-c4cc(C(=O)O)ccc4Cl)o3)c(=O)n2[C@H]1c1cc(OC)ccc1OC. The number of rotatable bonds is 9. The Labute approximate surface area is 261 Å². The highest BCUT2D eigenvalue weighted by Crippen LogP contribution is 2.38.